The lowest BCUT2D eigenvalue weighted by atomic mass is 10.0. The van der Waals surface area contributed by atoms with E-state index in [0.29, 0.717) is 23.4 Å². The van der Waals surface area contributed by atoms with Crippen molar-refractivity contribution in [1.29, 1.82) is 0 Å². The number of benzene rings is 1. The third-order valence-corrected chi connectivity index (χ3v) is 2.59. The van der Waals surface area contributed by atoms with Crippen LogP contribution in [0.5, 0.6) is 11.6 Å². The molecule has 94 valence electrons. The summed E-state index contributed by atoms with van der Waals surface area (Å²) in [7, 11) is 0. The highest BCUT2D eigenvalue weighted by molar-refractivity contribution is 5.40. The molecule has 0 amide bonds. The van der Waals surface area contributed by atoms with Gasteiger partial charge in [-0.3, -0.25) is 0 Å². The average Bonchev–Trinajstić information content (AvgIpc) is 2.27. The summed E-state index contributed by atoms with van der Waals surface area (Å²) in [5.41, 5.74) is 6.83. The number of hydrogen-bond donors (Lipinski definition) is 1. The van der Waals surface area contributed by atoms with Crippen LogP contribution in [-0.2, 0) is 0 Å². The Labute approximate surface area is 107 Å². The molecule has 1 heterocycles. The fourth-order valence-electron chi connectivity index (χ4n) is 1.78. The zero-order valence-electron chi connectivity index (χ0n) is 10.8. The van der Waals surface area contributed by atoms with E-state index in [1.54, 1.807) is 13.0 Å². The van der Waals surface area contributed by atoms with E-state index >= 15 is 0 Å². The Balaban J connectivity index is 2.34. The van der Waals surface area contributed by atoms with E-state index in [4.69, 9.17) is 10.5 Å². The highest BCUT2D eigenvalue weighted by atomic mass is 16.5. The van der Waals surface area contributed by atoms with Crippen LogP contribution in [-0.4, -0.2) is 9.97 Å². The van der Waals surface area contributed by atoms with Crippen molar-refractivity contribution in [1.82, 2.24) is 9.97 Å². The van der Waals surface area contributed by atoms with Gasteiger partial charge in [0, 0.05) is 6.07 Å². The number of aryl methyl sites for hydroxylation is 1. The number of nitrogens with two attached hydrogens (primary N) is 1. The summed E-state index contributed by atoms with van der Waals surface area (Å²) >= 11 is 0. The molecule has 0 radical (unpaired) electrons. The Morgan fingerprint density at radius 3 is 2.56 bits per heavy atom. The van der Waals surface area contributed by atoms with E-state index in [0.717, 1.165) is 11.3 Å². The normalized spacial score (nSPS) is 10.7. The second kappa shape index (κ2) is 5.04. The zero-order chi connectivity index (χ0) is 13.1. The predicted octanol–water partition coefficient (Wildman–Crippen LogP) is 3.28. The van der Waals surface area contributed by atoms with Crippen molar-refractivity contribution in [3.63, 3.8) is 0 Å². The number of nitrogen functional groups attached to an aromatic ring is 1. The molecular weight excluding hydrogens is 226 g/mol. The SMILES string of the molecule is Cc1nc(N)cc(Oc2ccccc2C(C)C)n1. The number of ether oxygens (including phenoxy) is 1. The Morgan fingerprint density at radius 2 is 1.89 bits per heavy atom. The fraction of sp³-hybridized carbons (Fsp3) is 0.286. The molecule has 1 aromatic heterocycles. The van der Waals surface area contributed by atoms with Gasteiger partial charge in [0.15, 0.2) is 0 Å². The molecule has 0 bridgehead atoms. The molecule has 0 aliphatic rings. The van der Waals surface area contributed by atoms with Gasteiger partial charge in [-0.1, -0.05) is 32.0 Å². The van der Waals surface area contributed by atoms with Crippen molar-refractivity contribution in [3.05, 3.63) is 41.7 Å². The summed E-state index contributed by atoms with van der Waals surface area (Å²) in [5.74, 6) is 2.70. The van der Waals surface area contributed by atoms with E-state index in [1.807, 2.05) is 18.2 Å². The van der Waals surface area contributed by atoms with E-state index in [-0.39, 0.29) is 0 Å². The van der Waals surface area contributed by atoms with E-state index in [9.17, 15) is 0 Å². The molecule has 0 atom stereocenters. The highest BCUT2D eigenvalue weighted by Gasteiger charge is 2.09. The van der Waals surface area contributed by atoms with Gasteiger partial charge in [-0.05, 0) is 24.5 Å². The number of nitrogens with zero attached hydrogens (tertiary/aromatic N) is 2. The summed E-state index contributed by atoms with van der Waals surface area (Å²) < 4.78 is 5.80. The minimum absolute atomic E-state index is 0.390. The number of hydrogen-bond acceptors (Lipinski definition) is 4. The van der Waals surface area contributed by atoms with Crippen molar-refractivity contribution in [2.45, 2.75) is 26.7 Å². The van der Waals surface area contributed by atoms with Crippen LogP contribution >= 0.6 is 0 Å². The molecule has 2 aromatic rings. The maximum absolute atomic E-state index is 5.80. The van der Waals surface area contributed by atoms with Crippen molar-refractivity contribution in [2.24, 2.45) is 0 Å². The average molecular weight is 243 g/mol. The molecule has 0 aliphatic carbocycles. The molecule has 0 saturated heterocycles. The first-order valence-corrected chi connectivity index (χ1v) is 5.94. The summed E-state index contributed by atoms with van der Waals surface area (Å²) in [4.78, 5) is 8.24. The zero-order valence-corrected chi connectivity index (χ0v) is 10.8. The van der Waals surface area contributed by atoms with Gasteiger partial charge in [-0.15, -0.1) is 0 Å². The van der Waals surface area contributed by atoms with Crippen LogP contribution in [0.25, 0.3) is 0 Å². The van der Waals surface area contributed by atoms with Gasteiger partial charge in [0.1, 0.15) is 17.4 Å². The third kappa shape index (κ3) is 2.77. The van der Waals surface area contributed by atoms with Gasteiger partial charge in [-0.2, -0.15) is 4.98 Å². The van der Waals surface area contributed by atoms with Crippen LogP contribution < -0.4 is 10.5 Å². The van der Waals surface area contributed by atoms with Crippen LogP contribution in [0.1, 0.15) is 31.2 Å². The largest absolute Gasteiger partial charge is 0.439 e. The molecule has 0 saturated carbocycles. The van der Waals surface area contributed by atoms with Crippen LogP contribution in [0.2, 0.25) is 0 Å². The maximum atomic E-state index is 5.80. The molecule has 0 aliphatic heterocycles. The van der Waals surface area contributed by atoms with Gasteiger partial charge in [0.05, 0.1) is 0 Å². The minimum atomic E-state index is 0.390. The Kier molecular flexibility index (Phi) is 3.46. The quantitative estimate of drug-likeness (QED) is 0.898. The van der Waals surface area contributed by atoms with Gasteiger partial charge in [0.25, 0.3) is 0 Å². The first-order valence-electron chi connectivity index (χ1n) is 5.94. The topological polar surface area (TPSA) is 61.0 Å². The van der Waals surface area contributed by atoms with Crippen molar-refractivity contribution < 1.29 is 4.74 Å². The predicted molar refractivity (Wildman–Crippen MR) is 71.8 cm³/mol. The molecule has 18 heavy (non-hydrogen) atoms. The standard InChI is InChI=1S/C14H17N3O/c1-9(2)11-6-4-5-7-12(11)18-14-8-13(15)16-10(3)17-14/h4-9H,1-3H3,(H2,15,16,17). The number of aromatic nitrogens is 2. The van der Waals surface area contributed by atoms with E-state index in [2.05, 4.69) is 29.9 Å². The second-order valence-electron chi connectivity index (χ2n) is 4.47. The molecule has 0 spiro atoms. The van der Waals surface area contributed by atoms with Gasteiger partial charge in [0.2, 0.25) is 5.88 Å². The Bertz CT molecular complexity index is 532. The van der Waals surface area contributed by atoms with Crippen molar-refractivity contribution in [2.75, 3.05) is 5.73 Å². The fourth-order valence-corrected chi connectivity index (χ4v) is 1.78. The smallest absolute Gasteiger partial charge is 0.224 e. The molecule has 4 heteroatoms. The second-order valence-corrected chi connectivity index (χ2v) is 4.47. The molecular formula is C14H17N3O. The highest BCUT2D eigenvalue weighted by Crippen LogP contribution is 2.29. The van der Waals surface area contributed by atoms with Crippen LogP contribution in [0.3, 0.4) is 0 Å². The maximum Gasteiger partial charge on any atom is 0.224 e. The summed E-state index contributed by atoms with van der Waals surface area (Å²) in [6.45, 7) is 6.04. The molecule has 0 unspecified atom stereocenters. The Hall–Kier alpha value is -2.10. The third-order valence-electron chi connectivity index (χ3n) is 2.59. The lowest BCUT2D eigenvalue weighted by Gasteiger charge is -2.13. The van der Waals surface area contributed by atoms with E-state index < -0.39 is 0 Å². The van der Waals surface area contributed by atoms with Crippen molar-refractivity contribution >= 4 is 5.82 Å². The Morgan fingerprint density at radius 1 is 1.17 bits per heavy atom. The molecule has 4 nitrogen and oxygen atoms in total. The van der Waals surface area contributed by atoms with Gasteiger partial charge >= 0.3 is 0 Å². The summed E-state index contributed by atoms with van der Waals surface area (Å²) in [6.07, 6.45) is 0. The van der Waals surface area contributed by atoms with E-state index in [1.165, 1.54) is 0 Å². The van der Waals surface area contributed by atoms with Crippen LogP contribution in [0.15, 0.2) is 30.3 Å². The first kappa shape index (κ1) is 12.4. The molecule has 1 aromatic carbocycles. The first-order chi connectivity index (χ1) is 8.56. The lowest BCUT2D eigenvalue weighted by molar-refractivity contribution is 0.452. The summed E-state index contributed by atoms with van der Waals surface area (Å²) in [5, 5.41) is 0. The number of para-hydroxylation sites is 1. The monoisotopic (exact) mass is 243 g/mol. The lowest BCUT2D eigenvalue weighted by Crippen LogP contribution is -1.99. The number of anilines is 1. The number of rotatable bonds is 3. The van der Waals surface area contributed by atoms with Gasteiger partial charge in [-0.25, -0.2) is 4.98 Å². The van der Waals surface area contributed by atoms with Gasteiger partial charge < -0.3 is 10.5 Å². The molecule has 2 rings (SSSR count). The van der Waals surface area contributed by atoms with Crippen LogP contribution in [0.4, 0.5) is 5.82 Å². The summed E-state index contributed by atoms with van der Waals surface area (Å²) in [6, 6.07) is 9.56. The molecule has 2 N–H and O–H groups in total. The molecule has 0 fully saturated rings. The van der Waals surface area contributed by atoms with Crippen molar-refractivity contribution in [3.8, 4) is 11.6 Å². The minimum Gasteiger partial charge on any atom is -0.439 e. The van der Waals surface area contributed by atoms with Crippen LogP contribution in [0, 0.1) is 6.92 Å².